The van der Waals surface area contributed by atoms with Gasteiger partial charge in [-0.25, -0.2) is 0 Å². The molecule has 1 unspecified atom stereocenters. The first-order valence-corrected chi connectivity index (χ1v) is 7.26. The van der Waals surface area contributed by atoms with Crippen LogP contribution in [0.15, 0.2) is 30.3 Å². The topological polar surface area (TPSA) is 69.6 Å². The summed E-state index contributed by atoms with van der Waals surface area (Å²) in [5, 5.41) is 12.6. The minimum Gasteiger partial charge on any atom is -0.481 e. The van der Waals surface area contributed by atoms with E-state index in [1.165, 1.54) is 0 Å². The fraction of sp³-hybridized carbons (Fsp3) is 0.500. The van der Waals surface area contributed by atoms with Gasteiger partial charge < -0.3 is 15.3 Å². The summed E-state index contributed by atoms with van der Waals surface area (Å²) in [6, 6.07) is 9.50. The fourth-order valence-electron chi connectivity index (χ4n) is 2.78. The van der Waals surface area contributed by atoms with Crippen LogP contribution in [0.25, 0.3) is 0 Å². The van der Waals surface area contributed by atoms with E-state index < -0.39 is 11.4 Å². The van der Waals surface area contributed by atoms with Crippen LogP contribution < -0.4 is 5.32 Å². The molecular formula is C16H22N2O3. The smallest absolute Gasteiger partial charge is 0.311 e. The molecule has 21 heavy (non-hydrogen) atoms. The summed E-state index contributed by atoms with van der Waals surface area (Å²) < 4.78 is 0. The summed E-state index contributed by atoms with van der Waals surface area (Å²) in [4.78, 5) is 25.4. The summed E-state index contributed by atoms with van der Waals surface area (Å²) >= 11 is 0. The van der Waals surface area contributed by atoms with E-state index in [9.17, 15) is 14.7 Å². The van der Waals surface area contributed by atoms with Gasteiger partial charge in [-0.1, -0.05) is 32.0 Å². The third-order valence-corrected chi connectivity index (χ3v) is 4.40. The fourth-order valence-corrected chi connectivity index (χ4v) is 2.78. The van der Waals surface area contributed by atoms with Crippen molar-refractivity contribution in [1.29, 1.82) is 0 Å². The lowest BCUT2D eigenvalue weighted by Gasteiger charge is -2.28. The number of aliphatic carboxylic acids is 1. The van der Waals surface area contributed by atoms with E-state index in [2.05, 4.69) is 5.32 Å². The highest BCUT2D eigenvalue weighted by Crippen LogP contribution is 2.38. The maximum atomic E-state index is 12.2. The van der Waals surface area contributed by atoms with Crippen molar-refractivity contribution in [3.63, 3.8) is 0 Å². The van der Waals surface area contributed by atoms with E-state index in [0.717, 1.165) is 5.69 Å². The number of carboxylic acids is 1. The highest BCUT2D eigenvalue weighted by atomic mass is 16.4. The van der Waals surface area contributed by atoms with Gasteiger partial charge in [-0.15, -0.1) is 0 Å². The molecule has 1 aromatic rings. The molecule has 5 heteroatoms. The molecule has 0 radical (unpaired) electrons. The van der Waals surface area contributed by atoms with E-state index in [1.54, 1.807) is 4.90 Å². The monoisotopic (exact) mass is 290 g/mol. The van der Waals surface area contributed by atoms with Crippen LogP contribution >= 0.6 is 0 Å². The Hall–Kier alpha value is -2.04. The third kappa shape index (κ3) is 3.17. The van der Waals surface area contributed by atoms with Gasteiger partial charge in [-0.2, -0.15) is 0 Å². The average molecular weight is 290 g/mol. The lowest BCUT2D eigenvalue weighted by atomic mass is 9.76. The number of rotatable bonds is 5. The molecule has 0 aromatic heterocycles. The number of nitrogens with one attached hydrogen (secondary N) is 1. The minimum absolute atomic E-state index is 0.00915. The number of nitrogens with zero attached hydrogens (tertiary/aromatic N) is 1. The summed E-state index contributed by atoms with van der Waals surface area (Å²) in [7, 11) is 0. The molecule has 2 N–H and O–H groups in total. The standard InChI is InChI=1S/C16H22N2O3/c1-12(2)16(15(20)21)8-9-18(11-16)14(19)10-17-13-6-4-3-5-7-13/h3-7,12,17H,8-11H2,1-2H3,(H,20,21). The average Bonchev–Trinajstić information content (AvgIpc) is 2.92. The number of hydrogen-bond acceptors (Lipinski definition) is 3. The van der Waals surface area contributed by atoms with E-state index in [0.29, 0.717) is 19.5 Å². The van der Waals surface area contributed by atoms with Crippen molar-refractivity contribution < 1.29 is 14.7 Å². The Morgan fingerprint density at radius 1 is 1.33 bits per heavy atom. The molecule has 0 bridgehead atoms. The Morgan fingerprint density at radius 3 is 2.52 bits per heavy atom. The van der Waals surface area contributed by atoms with Crippen molar-refractivity contribution in [3.8, 4) is 0 Å². The number of anilines is 1. The van der Waals surface area contributed by atoms with Crippen molar-refractivity contribution in [2.75, 3.05) is 25.0 Å². The predicted molar refractivity (Wildman–Crippen MR) is 81.0 cm³/mol. The van der Waals surface area contributed by atoms with Crippen molar-refractivity contribution in [1.82, 2.24) is 4.90 Å². The van der Waals surface area contributed by atoms with E-state index in [1.807, 2.05) is 44.2 Å². The Bertz CT molecular complexity index is 516. The van der Waals surface area contributed by atoms with Gasteiger partial charge in [0, 0.05) is 18.8 Å². The predicted octanol–water partition coefficient (Wildman–Crippen LogP) is 2.06. The lowest BCUT2D eigenvalue weighted by molar-refractivity contribution is -0.151. The second-order valence-corrected chi connectivity index (χ2v) is 5.90. The highest BCUT2D eigenvalue weighted by molar-refractivity contribution is 5.83. The van der Waals surface area contributed by atoms with Crippen LogP contribution in [0.4, 0.5) is 5.69 Å². The zero-order valence-corrected chi connectivity index (χ0v) is 12.5. The number of amides is 1. The number of benzene rings is 1. The zero-order chi connectivity index (χ0) is 15.5. The van der Waals surface area contributed by atoms with Crippen LogP contribution in [0.5, 0.6) is 0 Å². The van der Waals surface area contributed by atoms with Crippen LogP contribution in [-0.2, 0) is 9.59 Å². The Kier molecular flexibility index (Phi) is 4.50. The Balaban J connectivity index is 1.94. The lowest BCUT2D eigenvalue weighted by Crippen LogP contribution is -2.41. The van der Waals surface area contributed by atoms with E-state index >= 15 is 0 Å². The van der Waals surface area contributed by atoms with Gasteiger partial charge in [0.2, 0.25) is 5.91 Å². The molecule has 114 valence electrons. The SMILES string of the molecule is CC(C)C1(C(=O)O)CCN(C(=O)CNc2ccccc2)C1. The second-order valence-electron chi connectivity index (χ2n) is 5.90. The molecule has 1 aliphatic rings. The molecule has 1 aromatic carbocycles. The molecule has 1 saturated heterocycles. The largest absolute Gasteiger partial charge is 0.481 e. The van der Waals surface area contributed by atoms with Crippen molar-refractivity contribution in [2.24, 2.45) is 11.3 Å². The quantitative estimate of drug-likeness (QED) is 0.871. The first kappa shape index (κ1) is 15.4. The normalized spacial score (nSPS) is 21.6. The van der Waals surface area contributed by atoms with Crippen molar-refractivity contribution in [3.05, 3.63) is 30.3 Å². The van der Waals surface area contributed by atoms with E-state index in [4.69, 9.17) is 0 Å². The van der Waals surface area contributed by atoms with Crippen molar-refractivity contribution >= 4 is 17.6 Å². The molecule has 1 atom stereocenters. The number of carbonyl (C=O) groups is 2. The van der Waals surface area contributed by atoms with E-state index in [-0.39, 0.29) is 18.4 Å². The van der Waals surface area contributed by atoms with Crippen LogP contribution in [0.3, 0.4) is 0 Å². The summed E-state index contributed by atoms with van der Waals surface area (Å²) in [5.41, 5.74) is 0.0842. The number of para-hydroxylation sites is 1. The number of carboxylic acid groups (broad SMARTS) is 1. The van der Waals surface area contributed by atoms with Gasteiger partial charge >= 0.3 is 5.97 Å². The number of likely N-dealkylation sites (tertiary alicyclic amines) is 1. The maximum absolute atomic E-state index is 12.2. The second kappa shape index (κ2) is 6.16. The molecule has 1 fully saturated rings. The van der Waals surface area contributed by atoms with Crippen molar-refractivity contribution in [2.45, 2.75) is 20.3 Å². The third-order valence-electron chi connectivity index (χ3n) is 4.40. The molecular weight excluding hydrogens is 268 g/mol. The molecule has 5 nitrogen and oxygen atoms in total. The van der Waals surface area contributed by atoms with Gasteiger partial charge in [0.1, 0.15) is 0 Å². The maximum Gasteiger partial charge on any atom is 0.311 e. The van der Waals surface area contributed by atoms with Gasteiger partial charge in [0.05, 0.1) is 12.0 Å². The van der Waals surface area contributed by atoms with Crippen LogP contribution in [0.2, 0.25) is 0 Å². The highest BCUT2D eigenvalue weighted by Gasteiger charge is 2.48. The molecule has 0 aliphatic carbocycles. The Labute approximate surface area is 125 Å². The minimum atomic E-state index is -0.803. The molecule has 2 rings (SSSR count). The first-order valence-electron chi connectivity index (χ1n) is 7.26. The summed E-state index contributed by atoms with van der Waals surface area (Å²) in [6.45, 7) is 4.82. The van der Waals surface area contributed by atoms with Crippen LogP contribution in [0, 0.1) is 11.3 Å². The number of hydrogen-bond donors (Lipinski definition) is 2. The van der Waals surface area contributed by atoms with Crippen LogP contribution in [0.1, 0.15) is 20.3 Å². The summed E-state index contributed by atoms with van der Waals surface area (Å²) in [5.74, 6) is -0.846. The molecule has 0 spiro atoms. The summed E-state index contributed by atoms with van der Waals surface area (Å²) in [6.07, 6.45) is 0.525. The molecule has 1 amide bonds. The van der Waals surface area contributed by atoms with Gasteiger partial charge in [0.15, 0.2) is 0 Å². The van der Waals surface area contributed by atoms with Gasteiger partial charge in [0.25, 0.3) is 0 Å². The molecule has 1 heterocycles. The molecule has 0 saturated carbocycles. The van der Waals surface area contributed by atoms with Gasteiger partial charge in [-0.3, -0.25) is 9.59 Å². The first-order chi connectivity index (χ1) is 9.95. The van der Waals surface area contributed by atoms with Gasteiger partial charge in [-0.05, 0) is 24.5 Å². The number of carbonyl (C=O) groups excluding carboxylic acids is 1. The zero-order valence-electron chi connectivity index (χ0n) is 12.5. The van der Waals surface area contributed by atoms with Crippen LogP contribution in [-0.4, -0.2) is 41.5 Å². The molecule has 1 aliphatic heterocycles. The Morgan fingerprint density at radius 2 is 2.00 bits per heavy atom.